The van der Waals surface area contributed by atoms with Crippen molar-refractivity contribution in [3.05, 3.63) is 60.4 Å². The highest BCUT2D eigenvalue weighted by molar-refractivity contribution is 7.18. The van der Waals surface area contributed by atoms with Gasteiger partial charge in [0.1, 0.15) is 0 Å². The number of pyridine rings is 1. The van der Waals surface area contributed by atoms with Crippen molar-refractivity contribution in [1.82, 2.24) is 15.2 Å². The van der Waals surface area contributed by atoms with E-state index in [1.54, 1.807) is 24.3 Å². The molecule has 0 aliphatic carbocycles. The minimum atomic E-state index is -0.0138. The highest BCUT2D eigenvalue weighted by atomic mass is 32.1. The molecule has 3 rings (SSSR count). The van der Waals surface area contributed by atoms with E-state index in [9.17, 15) is 4.79 Å². The average molecular weight is 310 g/mol. The average Bonchev–Trinajstić information content (AvgIpc) is 3.06. The van der Waals surface area contributed by atoms with Crippen molar-refractivity contribution in [2.45, 2.75) is 6.42 Å². The molecule has 0 unspecified atom stereocenters. The zero-order chi connectivity index (χ0) is 15.4. The maximum Gasteiger partial charge on any atom is 0.232 e. The minimum absolute atomic E-state index is 0.0138. The molecule has 0 atom stereocenters. The number of carbonyl (C=O) groups is 1. The van der Waals surface area contributed by atoms with Crippen molar-refractivity contribution < 1.29 is 4.79 Å². The topological polar surface area (TPSA) is 59.0 Å². The molecule has 1 aromatic carbocycles. The lowest BCUT2D eigenvalue weighted by Gasteiger charge is -2.12. The van der Waals surface area contributed by atoms with Crippen molar-refractivity contribution >= 4 is 22.4 Å². The van der Waals surface area contributed by atoms with Crippen LogP contribution < -0.4 is 4.90 Å². The van der Waals surface area contributed by atoms with Crippen LogP contribution >= 0.6 is 11.3 Å². The van der Waals surface area contributed by atoms with Crippen LogP contribution in [-0.4, -0.2) is 28.1 Å². The molecule has 2 heterocycles. The van der Waals surface area contributed by atoms with Gasteiger partial charge in [-0.3, -0.25) is 14.7 Å². The number of carbonyl (C=O) groups excluding carboxylic acids is 1. The Bertz CT molecular complexity index is 758. The summed E-state index contributed by atoms with van der Waals surface area (Å²) in [6, 6.07) is 13.4. The lowest BCUT2D eigenvalue weighted by molar-refractivity contribution is -0.117. The molecular weight excluding hydrogens is 296 g/mol. The fraction of sp³-hybridized carbons (Fsp3) is 0.125. The zero-order valence-electron chi connectivity index (χ0n) is 12.0. The number of hydrogen-bond donors (Lipinski definition) is 0. The second-order valence-corrected chi connectivity index (χ2v) is 5.70. The van der Waals surface area contributed by atoms with E-state index in [4.69, 9.17) is 0 Å². The van der Waals surface area contributed by atoms with Gasteiger partial charge in [0.15, 0.2) is 5.01 Å². The summed E-state index contributed by atoms with van der Waals surface area (Å²) in [6.45, 7) is 0. The monoisotopic (exact) mass is 310 g/mol. The first kappa shape index (κ1) is 14.3. The smallest absolute Gasteiger partial charge is 0.232 e. The van der Waals surface area contributed by atoms with Gasteiger partial charge in [0.25, 0.3) is 0 Å². The van der Waals surface area contributed by atoms with Crippen molar-refractivity contribution in [2.24, 2.45) is 0 Å². The van der Waals surface area contributed by atoms with Gasteiger partial charge in [0, 0.05) is 25.0 Å². The van der Waals surface area contributed by atoms with Gasteiger partial charge in [-0.2, -0.15) is 0 Å². The molecule has 22 heavy (non-hydrogen) atoms. The molecule has 0 fully saturated rings. The Balaban J connectivity index is 1.74. The van der Waals surface area contributed by atoms with E-state index < -0.39 is 0 Å². The van der Waals surface area contributed by atoms with Gasteiger partial charge in [-0.1, -0.05) is 41.7 Å². The summed E-state index contributed by atoms with van der Waals surface area (Å²) in [7, 11) is 1.72. The first-order valence-corrected chi connectivity index (χ1v) is 7.60. The molecule has 0 saturated heterocycles. The molecule has 0 aliphatic heterocycles. The van der Waals surface area contributed by atoms with Crippen LogP contribution in [0.15, 0.2) is 54.9 Å². The number of amides is 1. The molecule has 0 radical (unpaired) electrons. The van der Waals surface area contributed by atoms with E-state index in [-0.39, 0.29) is 5.91 Å². The van der Waals surface area contributed by atoms with Crippen LogP contribution in [0.5, 0.6) is 0 Å². The molecule has 5 nitrogen and oxygen atoms in total. The summed E-state index contributed by atoms with van der Waals surface area (Å²) >= 11 is 1.38. The molecule has 6 heteroatoms. The summed E-state index contributed by atoms with van der Waals surface area (Å²) in [5.41, 5.74) is 1.88. The van der Waals surface area contributed by atoms with E-state index in [1.165, 1.54) is 11.3 Å². The zero-order valence-corrected chi connectivity index (χ0v) is 12.8. The third-order valence-corrected chi connectivity index (χ3v) is 4.23. The van der Waals surface area contributed by atoms with Gasteiger partial charge in [0.2, 0.25) is 11.0 Å². The molecule has 0 saturated carbocycles. The molecule has 2 aromatic heterocycles. The Kier molecular flexibility index (Phi) is 4.20. The van der Waals surface area contributed by atoms with E-state index in [1.807, 2.05) is 42.5 Å². The summed E-state index contributed by atoms with van der Waals surface area (Å²) in [4.78, 5) is 17.9. The number of nitrogens with zero attached hydrogens (tertiary/aromatic N) is 4. The Morgan fingerprint density at radius 2 is 1.95 bits per heavy atom. The molecule has 1 amide bonds. The highest BCUT2D eigenvalue weighted by Crippen LogP contribution is 2.27. The summed E-state index contributed by atoms with van der Waals surface area (Å²) in [6.07, 6.45) is 3.79. The fourth-order valence-electron chi connectivity index (χ4n) is 1.95. The fourth-order valence-corrected chi connectivity index (χ4v) is 2.77. The van der Waals surface area contributed by atoms with Gasteiger partial charge in [-0.25, -0.2) is 0 Å². The van der Waals surface area contributed by atoms with Crippen LogP contribution in [0.25, 0.3) is 10.6 Å². The Morgan fingerprint density at radius 3 is 2.68 bits per heavy atom. The van der Waals surface area contributed by atoms with Crippen molar-refractivity contribution in [3.8, 4) is 10.6 Å². The largest absolute Gasteiger partial charge is 0.290 e. The van der Waals surface area contributed by atoms with Gasteiger partial charge in [-0.05, 0) is 17.7 Å². The minimum Gasteiger partial charge on any atom is -0.290 e. The third kappa shape index (κ3) is 3.17. The highest BCUT2D eigenvalue weighted by Gasteiger charge is 2.16. The predicted octanol–water partition coefficient (Wildman–Crippen LogP) is 2.81. The number of anilines is 1. The number of rotatable bonds is 4. The SMILES string of the molecule is CN(C(=O)Cc1ccccc1)c1nnc(-c2cccnc2)s1. The molecule has 0 N–H and O–H groups in total. The van der Waals surface area contributed by atoms with Gasteiger partial charge < -0.3 is 0 Å². The van der Waals surface area contributed by atoms with Crippen LogP contribution in [0.1, 0.15) is 5.56 Å². The maximum absolute atomic E-state index is 12.3. The summed E-state index contributed by atoms with van der Waals surface area (Å²) in [5.74, 6) is -0.0138. The van der Waals surface area contributed by atoms with E-state index in [2.05, 4.69) is 15.2 Å². The molecule has 0 aliphatic rings. The Morgan fingerprint density at radius 1 is 1.14 bits per heavy atom. The summed E-state index contributed by atoms with van der Waals surface area (Å²) < 4.78 is 0. The number of likely N-dealkylation sites (N-methyl/N-ethyl adjacent to an activating group) is 1. The molecule has 3 aromatic rings. The molecular formula is C16H14N4OS. The first-order chi connectivity index (χ1) is 10.7. The second kappa shape index (κ2) is 6.44. The normalized spacial score (nSPS) is 10.4. The van der Waals surface area contributed by atoms with Crippen molar-refractivity contribution in [1.29, 1.82) is 0 Å². The van der Waals surface area contributed by atoms with Gasteiger partial charge in [0.05, 0.1) is 6.42 Å². The molecule has 0 spiro atoms. The summed E-state index contributed by atoms with van der Waals surface area (Å²) in [5, 5.41) is 9.57. The van der Waals surface area contributed by atoms with Gasteiger partial charge in [-0.15, -0.1) is 10.2 Å². The second-order valence-electron chi connectivity index (χ2n) is 4.75. The van der Waals surface area contributed by atoms with Crippen LogP contribution in [-0.2, 0) is 11.2 Å². The van der Waals surface area contributed by atoms with E-state index in [0.29, 0.717) is 11.6 Å². The van der Waals surface area contributed by atoms with Crippen molar-refractivity contribution in [3.63, 3.8) is 0 Å². The van der Waals surface area contributed by atoms with E-state index >= 15 is 0 Å². The quantitative estimate of drug-likeness (QED) is 0.743. The number of benzene rings is 1. The maximum atomic E-state index is 12.3. The van der Waals surface area contributed by atoms with Crippen LogP contribution in [0, 0.1) is 0 Å². The van der Waals surface area contributed by atoms with Gasteiger partial charge >= 0.3 is 0 Å². The lowest BCUT2D eigenvalue weighted by atomic mass is 10.1. The van der Waals surface area contributed by atoms with E-state index in [0.717, 1.165) is 16.1 Å². The van der Waals surface area contributed by atoms with Crippen LogP contribution in [0.2, 0.25) is 0 Å². The lowest BCUT2D eigenvalue weighted by Crippen LogP contribution is -2.27. The van der Waals surface area contributed by atoms with Crippen LogP contribution in [0.4, 0.5) is 5.13 Å². The first-order valence-electron chi connectivity index (χ1n) is 6.78. The van der Waals surface area contributed by atoms with Crippen molar-refractivity contribution in [2.75, 3.05) is 11.9 Å². The number of aromatic nitrogens is 3. The number of hydrogen-bond acceptors (Lipinski definition) is 5. The predicted molar refractivity (Wildman–Crippen MR) is 86.7 cm³/mol. The standard InChI is InChI=1S/C16H14N4OS/c1-20(14(21)10-12-6-3-2-4-7-12)16-19-18-15(22-16)13-8-5-9-17-11-13/h2-9,11H,10H2,1H3. The van der Waals surface area contributed by atoms with Crippen LogP contribution in [0.3, 0.4) is 0 Å². The third-order valence-electron chi connectivity index (χ3n) is 3.18. The Labute approximate surface area is 132 Å². The molecule has 0 bridgehead atoms. The molecule has 110 valence electrons. The Hall–Kier alpha value is -2.60.